The molecule has 0 saturated carbocycles. The number of aliphatic hydroxyl groups is 2. The first kappa shape index (κ1) is 33.5. The summed E-state index contributed by atoms with van der Waals surface area (Å²) in [6.07, 6.45) is -7.81. The van der Waals surface area contributed by atoms with Crippen LogP contribution in [0.1, 0.15) is 16.7 Å². The molecule has 20 heteroatoms. The van der Waals surface area contributed by atoms with Crippen LogP contribution in [0.5, 0.6) is 5.75 Å². The molecule has 0 aliphatic rings. The minimum absolute atomic E-state index is 0.141. The van der Waals surface area contributed by atoms with Crippen molar-refractivity contribution in [1.29, 1.82) is 0 Å². The Morgan fingerprint density at radius 2 is 1.00 bits per heavy atom. The topological polar surface area (TPSA) is 49.7 Å². The molecule has 0 spiro atoms. The Labute approximate surface area is 199 Å². The van der Waals surface area contributed by atoms with Gasteiger partial charge in [0.05, 0.1) is 13.2 Å². The Morgan fingerprint density at radius 3 is 1.39 bits per heavy atom. The number of alkyl halides is 15. The number of rotatable bonds is 10. The zero-order chi connectivity index (χ0) is 30.5. The molecule has 2 N–H and O–H groups in total. The lowest BCUT2D eigenvalue weighted by atomic mass is 9.91. The predicted molar refractivity (Wildman–Crippen MR) is 88.6 cm³/mol. The van der Waals surface area contributed by atoms with Gasteiger partial charge in [-0.05, 0) is 35.7 Å². The van der Waals surface area contributed by atoms with E-state index in [-0.39, 0.29) is 5.56 Å². The molecule has 38 heavy (non-hydrogen) atoms. The van der Waals surface area contributed by atoms with E-state index in [1.165, 1.54) is 0 Å². The van der Waals surface area contributed by atoms with Gasteiger partial charge in [-0.25, -0.2) is 0 Å². The SMILES string of the molecule is Cc1cc(CO)c(CO)cc1OC(F)=C(F)C(F)(F)C(F)(F)C(F)(F)C(F)(F)C(F)(F)C(F)(F)C(F)(F)F. The van der Waals surface area contributed by atoms with Gasteiger partial charge in [-0.1, -0.05) is 0 Å². The molecule has 1 rings (SSSR count). The highest BCUT2D eigenvalue weighted by atomic mass is 19.4. The number of allylic oxidation sites excluding steroid dienone is 1. The Balaban J connectivity index is 3.65. The third-order valence-electron chi connectivity index (χ3n) is 4.81. The van der Waals surface area contributed by atoms with Crippen LogP contribution in [0.15, 0.2) is 24.0 Å². The number of ether oxygens (including phenoxy) is 1. The predicted octanol–water partition coefficient (Wildman–Crippen LogP) is 6.84. The van der Waals surface area contributed by atoms with Gasteiger partial charge >= 0.3 is 47.7 Å². The average molecular weight is 598 g/mol. The molecule has 1 aromatic rings. The Bertz CT molecular complexity index is 1060. The van der Waals surface area contributed by atoms with Gasteiger partial charge in [0.2, 0.25) is 5.83 Å². The highest BCUT2D eigenvalue weighted by molar-refractivity contribution is 5.42. The highest BCUT2D eigenvalue weighted by Crippen LogP contribution is 2.63. The zero-order valence-electron chi connectivity index (χ0n) is 17.8. The molecule has 0 bridgehead atoms. The maximum absolute atomic E-state index is 13.9. The molecule has 0 heterocycles. The number of halogens is 17. The van der Waals surface area contributed by atoms with E-state index in [0.29, 0.717) is 6.07 Å². The fourth-order valence-corrected chi connectivity index (χ4v) is 2.56. The van der Waals surface area contributed by atoms with Crippen LogP contribution in [0, 0.1) is 6.92 Å². The molecular formula is C18H11F17O3. The third kappa shape index (κ3) is 4.84. The molecule has 220 valence electrons. The number of aryl methyl sites for hydroxylation is 1. The first-order valence-electron chi connectivity index (χ1n) is 9.12. The van der Waals surface area contributed by atoms with Crippen molar-refractivity contribution in [3.8, 4) is 5.75 Å². The summed E-state index contributed by atoms with van der Waals surface area (Å²) in [5.74, 6) is -55.6. The molecular weight excluding hydrogens is 587 g/mol. The van der Waals surface area contributed by atoms with Crippen LogP contribution < -0.4 is 4.74 Å². The highest BCUT2D eigenvalue weighted by Gasteiger charge is 2.93. The number of hydrogen-bond acceptors (Lipinski definition) is 3. The summed E-state index contributed by atoms with van der Waals surface area (Å²) >= 11 is 0. The molecule has 1 aromatic carbocycles. The molecule has 0 radical (unpaired) electrons. The second-order valence-corrected chi connectivity index (χ2v) is 7.34. The van der Waals surface area contributed by atoms with Gasteiger partial charge in [0, 0.05) is 0 Å². The van der Waals surface area contributed by atoms with Crippen LogP contribution in [0.4, 0.5) is 74.6 Å². The normalized spacial score (nSPS) is 15.5. The number of benzene rings is 1. The monoisotopic (exact) mass is 598 g/mol. The van der Waals surface area contributed by atoms with E-state index in [0.717, 1.165) is 13.0 Å². The van der Waals surface area contributed by atoms with E-state index in [2.05, 4.69) is 4.74 Å². The zero-order valence-corrected chi connectivity index (χ0v) is 17.8. The van der Waals surface area contributed by atoms with E-state index in [4.69, 9.17) is 10.2 Å². The Hall–Kier alpha value is -2.51. The maximum Gasteiger partial charge on any atom is 0.460 e. The van der Waals surface area contributed by atoms with Gasteiger partial charge in [0.25, 0.3) is 0 Å². The second kappa shape index (κ2) is 9.91. The minimum atomic E-state index is -8.67. The van der Waals surface area contributed by atoms with Gasteiger partial charge in [0.15, 0.2) is 0 Å². The molecule has 0 saturated heterocycles. The van der Waals surface area contributed by atoms with Crippen molar-refractivity contribution in [2.24, 2.45) is 0 Å². The van der Waals surface area contributed by atoms with Gasteiger partial charge < -0.3 is 14.9 Å². The summed E-state index contributed by atoms with van der Waals surface area (Å²) in [5, 5.41) is 18.1. The summed E-state index contributed by atoms with van der Waals surface area (Å²) in [5.41, 5.74) is -0.981. The first-order chi connectivity index (χ1) is 16.7. The lowest BCUT2D eigenvalue weighted by Crippen LogP contribution is -2.72. The molecule has 0 fully saturated rings. The fourth-order valence-electron chi connectivity index (χ4n) is 2.56. The molecule has 0 amide bonds. The van der Waals surface area contributed by atoms with Gasteiger partial charge in [-0.3, -0.25) is 0 Å². The molecule has 0 aliphatic carbocycles. The smallest absolute Gasteiger partial charge is 0.429 e. The molecule has 3 nitrogen and oxygen atoms in total. The Kier molecular flexibility index (Phi) is 8.74. The van der Waals surface area contributed by atoms with Crippen LogP contribution >= 0.6 is 0 Å². The third-order valence-corrected chi connectivity index (χ3v) is 4.81. The maximum atomic E-state index is 13.9. The van der Waals surface area contributed by atoms with Crippen molar-refractivity contribution in [1.82, 2.24) is 0 Å². The van der Waals surface area contributed by atoms with Crippen molar-refractivity contribution in [2.45, 2.75) is 61.8 Å². The van der Waals surface area contributed by atoms with E-state index in [1.54, 1.807) is 0 Å². The summed E-state index contributed by atoms with van der Waals surface area (Å²) in [6, 6.07) is -2.33. The molecule has 0 aliphatic heterocycles. The average Bonchev–Trinajstić information content (AvgIpc) is 2.77. The Morgan fingerprint density at radius 1 is 0.632 bits per heavy atom. The first-order valence-corrected chi connectivity index (χ1v) is 9.12. The van der Waals surface area contributed by atoms with Crippen LogP contribution in [-0.4, -0.2) is 51.9 Å². The van der Waals surface area contributed by atoms with Crippen molar-refractivity contribution in [3.63, 3.8) is 0 Å². The quantitative estimate of drug-likeness (QED) is 0.229. The van der Waals surface area contributed by atoms with Crippen molar-refractivity contribution < 1.29 is 89.6 Å². The van der Waals surface area contributed by atoms with Gasteiger partial charge in [-0.15, -0.1) is 0 Å². The van der Waals surface area contributed by atoms with Crippen LogP contribution in [-0.2, 0) is 13.2 Å². The van der Waals surface area contributed by atoms with Crippen molar-refractivity contribution in [2.75, 3.05) is 0 Å². The van der Waals surface area contributed by atoms with Crippen LogP contribution in [0.3, 0.4) is 0 Å². The fraction of sp³-hybridized carbons (Fsp3) is 0.556. The summed E-state index contributed by atoms with van der Waals surface area (Å²) < 4.78 is 229. The lowest BCUT2D eigenvalue weighted by molar-refractivity contribution is -0.451. The minimum Gasteiger partial charge on any atom is -0.429 e. The van der Waals surface area contributed by atoms with Crippen LogP contribution in [0.2, 0.25) is 0 Å². The standard InChI is InChI=1S/C18H11F17O3/c1-6-2-7(4-36)8(5-37)3-9(6)38-11(20)10(19)12(21,22)13(23,24)14(25,26)15(27,28)16(29,30)17(31,32)18(33,34)35/h2-3,36-37H,4-5H2,1H3. The van der Waals surface area contributed by atoms with E-state index < -0.39 is 83.6 Å². The van der Waals surface area contributed by atoms with E-state index in [9.17, 15) is 74.6 Å². The summed E-state index contributed by atoms with van der Waals surface area (Å²) in [6.45, 7) is -0.937. The number of hydrogen-bond donors (Lipinski definition) is 2. The summed E-state index contributed by atoms with van der Waals surface area (Å²) in [4.78, 5) is 0. The number of aliphatic hydroxyl groups excluding tert-OH is 2. The van der Waals surface area contributed by atoms with Gasteiger partial charge in [0.1, 0.15) is 5.75 Å². The van der Waals surface area contributed by atoms with Crippen molar-refractivity contribution in [3.05, 3.63) is 40.7 Å². The molecule has 0 unspecified atom stereocenters. The summed E-state index contributed by atoms with van der Waals surface area (Å²) in [7, 11) is 0. The molecule has 0 aromatic heterocycles. The lowest BCUT2D eigenvalue weighted by Gasteiger charge is -2.41. The molecule has 0 atom stereocenters. The largest absolute Gasteiger partial charge is 0.460 e. The second-order valence-electron chi connectivity index (χ2n) is 7.34. The van der Waals surface area contributed by atoms with Crippen molar-refractivity contribution >= 4 is 0 Å². The van der Waals surface area contributed by atoms with Crippen LogP contribution in [0.25, 0.3) is 0 Å². The van der Waals surface area contributed by atoms with E-state index >= 15 is 0 Å². The van der Waals surface area contributed by atoms with Gasteiger partial charge in [-0.2, -0.15) is 74.6 Å². The van der Waals surface area contributed by atoms with E-state index in [1.807, 2.05) is 0 Å².